The van der Waals surface area contributed by atoms with Crippen molar-refractivity contribution in [3.63, 3.8) is 0 Å². The average Bonchev–Trinajstić information content (AvgIpc) is 3.17. The number of hydrogen-bond acceptors (Lipinski definition) is 3. The molecule has 9 rings (SSSR count). The lowest BCUT2D eigenvalue weighted by atomic mass is 9.93. The molecule has 7 aromatic rings. The zero-order valence-electron chi connectivity index (χ0n) is 27.0. The lowest BCUT2D eigenvalue weighted by Crippen LogP contribution is -2.17. The molecule has 3 heteroatoms. The molecule has 1 aliphatic carbocycles. The summed E-state index contributed by atoms with van der Waals surface area (Å²) in [5.74, 6) is 1.74. The third-order valence-corrected chi connectivity index (χ3v) is 9.46. The van der Waals surface area contributed by atoms with Crippen LogP contribution in [0.15, 0.2) is 182 Å². The Hall–Kier alpha value is -6.32. The van der Waals surface area contributed by atoms with Crippen LogP contribution in [0.3, 0.4) is 0 Å². The molecule has 0 amide bonds. The molecular weight excluding hydrogens is 597 g/mol. The van der Waals surface area contributed by atoms with Gasteiger partial charge < -0.3 is 15.0 Å². The molecule has 0 unspecified atom stereocenters. The van der Waals surface area contributed by atoms with E-state index in [1.807, 2.05) is 6.07 Å². The van der Waals surface area contributed by atoms with Gasteiger partial charge in [-0.15, -0.1) is 0 Å². The minimum Gasteiger partial charge on any atom is -0.456 e. The fraction of sp³-hybridized carbons (Fsp3) is 0.0435. The van der Waals surface area contributed by atoms with Gasteiger partial charge in [0, 0.05) is 45.5 Å². The number of benzene rings is 7. The molecule has 2 aliphatic rings. The first-order valence-corrected chi connectivity index (χ1v) is 16.9. The lowest BCUT2D eigenvalue weighted by molar-refractivity contribution is 0.487. The van der Waals surface area contributed by atoms with Gasteiger partial charge in [0.05, 0.1) is 0 Å². The van der Waals surface area contributed by atoms with Crippen LogP contribution in [0, 0.1) is 0 Å². The van der Waals surface area contributed by atoms with E-state index in [0.717, 1.165) is 63.4 Å². The number of rotatable bonds is 7. The highest BCUT2D eigenvalue weighted by molar-refractivity contribution is 6.06. The highest BCUT2D eigenvalue weighted by atomic mass is 16.5. The van der Waals surface area contributed by atoms with E-state index in [-0.39, 0.29) is 0 Å². The highest BCUT2D eigenvalue weighted by Gasteiger charge is 2.23. The van der Waals surface area contributed by atoms with Gasteiger partial charge in [-0.25, -0.2) is 0 Å². The van der Waals surface area contributed by atoms with Gasteiger partial charge in [0.1, 0.15) is 11.5 Å². The van der Waals surface area contributed by atoms with E-state index in [4.69, 9.17) is 4.74 Å². The van der Waals surface area contributed by atoms with Crippen LogP contribution in [0.5, 0.6) is 11.5 Å². The quantitative estimate of drug-likeness (QED) is 0.190. The van der Waals surface area contributed by atoms with Crippen LogP contribution in [0.25, 0.3) is 44.2 Å². The molecule has 0 saturated heterocycles. The monoisotopic (exact) mass is 630 g/mol. The number of nitrogens with one attached hydrogen (secondary N) is 1. The van der Waals surface area contributed by atoms with Crippen LogP contribution in [-0.2, 0) is 0 Å². The van der Waals surface area contributed by atoms with Gasteiger partial charge in [-0.1, -0.05) is 115 Å². The Morgan fingerprint density at radius 2 is 1.20 bits per heavy atom. The first kappa shape index (κ1) is 28.9. The fourth-order valence-electron chi connectivity index (χ4n) is 7.07. The van der Waals surface area contributed by atoms with Gasteiger partial charge >= 0.3 is 0 Å². The molecule has 0 atom stereocenters. The zero-order valence-corrected chi connectivity index (χ0v) is 27.0. The summed E-state index contributed by atoms with van der Waals surface area (Å²) < 4.78 is 6.65. The van der Waals surface area contributed by atoms with Crippen LogP contribution in [0.1, 0.15) is 12.8 Å². The van der Waals surface area contributed by atoms with Crippen molar-refractivity contribution in [1.29, 1.82) is 0 Å². The smallest absolute Gasteiger partial charge is 0.137 e. The molecule has 0 spiro atoms. The molecule has 7 aromatic carbocycles. The van der Waals surface area contributed by atoms with Crippen molar-refractivity contribution in [2.75, 3.05) is 10.2 Å². The number of fused-ring (bicyclic) bond motifs is 2. The molecule has 0 radical (unpaired) electrons. The van der Waals surface area contributed by atoms with Gasteiger partial charge in [0.15, 0.2) is 0 Å². The summed E-state index contributed by atoms with van der Waals surface area (Å²) in [6, 6.07) is 55.9. The molecule has 0 saturated carbocycles. The molecule has 1 heterocycles. The highest BCUT2D eigenvalue weighted by Crippen LogP contribution is 2.49. The maximum Gasteiger partial charge on any atom is 0.137 e. The van der Waals surface area contributed by atoms with E-state index in [2.05, 4.69) is 180 Å². The van der Waals surface area contributed by atoms with E-state index in [1.165, 1.54) is 33.5 Å². The Morgan fingerprint density at radius 3 is 1.92 bits per heavy atom. The van der Waals surface area contributed by atoms with E-state index in [9.17, 15) is 0 Å². The van der Waals surface area contributed by atoms with E-state index >= 15 is 0 Å². The van der Waals surface area contributed by atoms with E-state index in [0.29, 0.717) is 0 Å². The van der Waals surface area contributed by atoms with Crippen molar-refractivity contribution in [3.05, 3.63) is 182 Å². The molecular formula is C46H34N2O. The summed E-state index contributed by atoms with van der Waals surface area (Å²) in [6.45, 7) is 0. The first-order chi connectivity index (χ1) is 24.3. The molecule has 1 aliphatic heterocycles. The minimum atomic E-state index is 0.867. The normalized spacial score (nSPS) is 12.9. The maximum absolute atomic E-state index is 6.65. The van der Waals surface area contributed by atoms with Crippen molar-refractivity contribution in [3.8, 4) is 44.9 Å². The first-order valence-electron chi connectivity index (χ1n) is 16.9. The third-order valence-electron chi connectivity index (χ3n) is 9.46. The van der Waals surface area contributed by atoms with E-state index < -0.39 is 0 Å². The average molecular weight is 631 g/mol. The standard InChI is InChI=1S/C46H34N2O/c1-4-11-32(12-5-1)33-19-21-34(22-20-33)35-23-25-37(26-24-35)47-38-29-36-13-10-18-42-43-31-41(27-28-44(43)49-45(30-38)46(36)42)48(39-14-6-2-7-15-39)40-16-8-3-9-17-40/h1-8,10-16,18-31,47H,9,17H2. The summed E-state index contributed by atoms with van der Waals surface area (Å²) in [4.78, 5) is 2.37. The molecule has 0 fully saturated rings. The van der Waals surface area contributed by atoms with Crippen molar-refractivity contribution in [2.45, 2.75) is 12.8 Å². The Kier molecular flexibility index (Phi) is 7.29. The summed E-state index contributed by atoms with van der Waals surface area (Å²) >= 11 is 0. The van der Waals surface area contributed by atoms with Crippen molar-refractivity contribution >= 4 is 33.5 Å². The number of hydrogen-bond donors (Lipinski definition) is 1. The van der Waals surface area contributed by atoms with E-state index in [1.54, 1.807) is 0 Å². The Bertz CT molecular complexity index is 2360. The Labute approximate surface area is 287 Å². The number of nitrogens with zero attached hydrogens (tertiary/aromatic N) is 1. The van der Waals surface area contributed by atoms with Crippen LogP contribution in [0.4, 0.5) is 22.7 Å². The second-order valence-corrected chi connectivity index (χ2v) is 12.6. The van der Waals surface area contributed by atoms with Gasteiger partial charge in [0.2, 0.25) is 0 Å². The predicted octanol–water partition coefficient (Wildman–Crippen LogP) is 13.1. The van der Waals surface area contributed by atoms with Gasteiger partial charge in [-0.05, 0) is 101 Å². The zero-order chi connectivity index (χ0) is 32.6. The van der Waals surface area contributed by atoms with Crippen LogP contribution in [-0.4, -0.2) is 0 Å². The molecule has 1 N–H and O–H groups in total. The van der Waals surface area contributed by atoms with Crippen molar-refractivity contribution in [2.24, 2.45) is 0 Å². The molecule has 49 heavy (non-hydrogen) atoms. The number of allylic oxidation sites excluding steroid dienone is 4. The van der Waals surface area contributed by atoms with Crippen LogP contribution >= 0.6 is 0 Å². The fourth-order valence-corrected chi connectivity index (χ4v) is 7.07. The van der Waals surface area contributed by atoms with Crippen molar-refractivity contribution in [1.82, 2.24) is 0 Å². The Morgan fingerprint density at radius 1 is 0.510 bits per heavy atom. The summed E-state index contributed by atoms with van der Waals surface area (Å²) in [5, 5.41) is 5.91. The molecule has 3 nitrogen and oxygen atoms in total. The second-order valence-electron chi connectivity index (χ2n) is 12.6. The molecule has 0 bridgehead atoms. The second kappa shape index (κ2) is 12.4. The number of anilines is 4. The largest absolute Gasteiger partial charge is 0.456 e. The Balaban J connectivity index is 1.00. The number of ether oxygens (including phenoxy) is 1. The molecule has 234 valence electrons. The van der Waals surface area contributed by atoms with Crippen molar-refractivity contribution < 1.29 is 4.74 Å². The lowest BCUT2D eigenvalue weighted by Gasteiger charge is -2.30. The topological polar surface area (TPSA) is 24.5 Å². The molecule has 0 aromatic heterocycles. The minimum absolute atomic E-state index is 0.867. The SMILES string of the molecule is C1=CCCC(N(c2ccccc2)c2ccc3c(c2)-c2cccc4cc(Nc5ccc(-c6ccc(-c7ccccc7)cc6)cc5)cc(c24)O3)=C1. The van der Waals surface area contributed by atoms with Crippen LogP contribution in [0.2, 0.25) is 0 Å². The van der Waals surface area contributed by atoms with Gasteiger partial charge in [-0.3, -0.25) is 0 Å². The van der Waals surface area contributed by atoms with Gasteiger partial charge in [0.25, 0.3) is 0 Å². The maximum atomic E-state index is 6.65. The summed E-state index contributed by atoms with van der Waals surface area (Å²) in [6.07, 6.45) is 8.66. The predicted molar refractivity (Wildman–Crippen MR) is 205 cm³/mol. The van der Waals surface area contributed by atoms with Crippen LogP contribution < -0.4 is 15.0 Å². The number of para-hydroxylation sites is 1. The summed E-state index contributed by atoms with van der Waals surface area (Å²) in [5.41, 5.74) is 12.7. The third kappa shape index (κ3) is 5.56. The van der Waals surface area contributed by atoms with Gasteiger partial charge in [-0.2, -0.15) is 0 Å². The summed E-state index contributed by atoms with van der Waals surface area (Å²) in [7, 11) is 0.